The summed E-state index contributed by atoms with van der Waals surface area (Å²) in [6, 6.07) is 0. The van der Waals surface area contributed by atoms with Crippen LogP contribution in [0.25, 0.3) is 0 Å². The molecule has 1 aromatic heterocycles. The van der Waals surface area contributed by atoms with Crippen molar-refractivity contribution in [3.63, 3.8) is 0 Å². The van der Waals surface area contributed by atoms with Crippen LogP contribution in [0.15, 0.2) is 4.47 Å². The first-order valence-electron chi connectivity index (χ1n) is 7.75. The van der Waals surface area contributed by atoms with E-state index in [1.54, 1.807) is 0 Å². The Hall–Kier alpha value is -0.390. The Morgan fingerprint density at radius 3 is 2.55 bits per heavy atom. The lowest BCUT2D eigenvalue weighted by Crippen LogP contribution is -2.49. The van der Waals surface area contributed by atoms with E-state index >= 15 is 0 Å². The second kappa shape index (κ2) is 7.05. The van der Waals surface area contributed by atoms with Gasteiger partial charge < -0.3 is 10.4 Å². The van der Waals surface area contributed by atoms with E-state index in [2.05, 4.69) is 44.9 Å². The average Bonchev–Trinajstić information content (AvgIpc) is 2.81. The van der Waals surface area contributed by atoms with Crippen molar-refractivity contribution in [1.82, 2.24) is 15.1 Å². The molecule has 4 nitrogen and oxygen atoms in total. The summed E-state index contributed by atoms with van der Waals surface area (Å²) in [4.78, 5) is 0. The summed E-state index contributed by atoms with van der Waals surface area (Å²) in [6.07, 6.45) is 6.79. The summed E-state index contributed by atoms with van der Waals surface area (Å²) in [6.45, 7) is 6.11. The Balaban J connectivity index is 2.11. The highest BCUT2D eigenvalue weighted by Crippen LogP contribution is 2.29. The van der Waals surface area contributed by atoms with E-state index < -0.39 is 0 Å². The van der Waals surface area contributed by atoms with Crippen molar-refractivity contribution in [3.05, 3.63) is 15.9 Å². The minimum absolute atomic E-state index is 0.0904. The third kappa shape index (κ3) is 3.26. The Morgan fingerprint density at radius 2 is 2.00 bits per heavy atom. The quantitative estimate of drug-likeness (QED) is 0.834. The molecule has 0 bridgehead atoms. The lowest BCUT2D eigenvalue weighted by molar-refractivity contribution is 0.118. The molecule has 0 aromatic carbocycles. The highest BCUT2D eigenvalue weighted by atomic mass is 79.9. The lowest BCUT2D eigenvalue weighted by Gasteiger charge is -2.36. The fourth-order valence-electron chi connectivity index (χ4n) is 3.08. The zero-order valence-corrected chi connectivity index (χ0v) is 14.2. The molecular weight excluding hydrogens is 318 g/mol. The molecule has 20 heavy (non-hydrogen) atoms. The molecular formula is C15H26BrN3O. The van der Waals surface area contributed by atoms with Crippen LogP contribution in [-0.2, 0) is 19.5 Å². The summed E-state index contributed by atoms with van der Waals surface area (Å²) in [5.74, 6) is 0. The predicted octanol–water partition coefficient (Wildman–Crippen LogP) is 3.01. The maximum Gasteiger partial charge on any atom is 0.0767 e. The average molecular weight is 344 g/mol. The number of rotatable bonds is 6. The molecule has 1 aliphatic carbocycles. The molecule has 1 saturated carbocycles. The molecule has 0 unspecified atom stereocenters. The van der Waals surface area contributed by atoms with Gasteiger partial charge in [0.05, 0.1) is 22.5 Å². The van der Waals surface area contributed by atoms with Gasteiger partial charge in [-0.2, -0.15) is 5.10 Å². The molecule has 5 heteroatoms. The van der Waals surface area contributed by atoms with Gasteiger partial charge in [0.25, 0.3) is 0 Å². The van der Waals surface area contributed by atoms with Crippen molar-refractivity contribution in [2.24, 2.45) is 0 Å². The van der Waals surface area contributed by atoms with E-state index in [9.17, 15) is 5.11 Å². The summed E-state index contributed by atoms with van der Waals surface area (Å²) < 4.78 is 3.18. The van der Waals surface area contributed by atoms with E-state index in [0.29, 0.717) is 0 Å². The van der Waals surface area contributed by atoms with Crippen molar-refractivity contribution in [1.29, 1.82) is 0 Å². The number of nitrogens with one attached hydrogen (secondary N) is 1. The molecule has 1 aromatic rings. The SMILES string of the molecule is CCc1nn(CC)c(CNC2(CO)CCCCC2)c1Br. The fraction of sp³-hybridized carbons (Fsp3) is 0.800. The van der Waals surface area contributed by atoms with Crippen LogP contribution in [-0.4, -0.2) is 27.0 Å². The van der Waals surface area contributed by atoms with Crippen LogP contribution in [0, 0.1) is 0 Å². The number of aromatic nitrogens is 2. The maximum absolute atomic E-state index is 9.77. The molecule has 1 fully saturated rings. The second-order valence-corrected chi connectivity index (χ2v) is 6.52. The maximum atomic E-state index is 9.77. The van der Waals surface area contributed by atoms with Crippen LogP contribution in [0.5, 0.6) is 0 Å². The van der Waals surface area contributed by atoms with Gasteiger partial charge in [-0.15, -0.1) is 0 Å². The second-order valence-electron chi connectivity index (χ2n) is 5.73. The van der Waals surface area contributed by atoms with Crippen LogP contribution in [0.1, 0.15) is 57.3 Å². The van der Waals surface area contributed by atoms with Gasteiger partial charge in [0.2, 0.25) is 0 Å². The Kier molecular flexibility index (Phi) is 5.64. The smallest absolute Gasteiger partial charge is 0.0767 e. The number of nitrogens with zero attached hydrogens (tertiary/aromatic N) is 2. The van der Waals surface area contributed by atoms with Crippen LogP contribution >= 0.6 is 15.9 Å². The molecule has 2 rings (SSSR count). The number of halogens is 1. The highest BCUT2D eigenvalue weighted by molar-refractivity contribution is 9.10. The zero-order chi connectivity index (χ0) is 14.6. The molecule has 0 aliphatic heterocycles. The largest absolute Gasteiger partial charge is 0.394 e. The van der Waals surface area contributed by atoms with Crippen molar-refractivity contribution < 1.29 is 5.11 Å². The number of aryl methyl sites for hydroxylation is 2. The van der Waals surface area contributed by atoms with E-state index in [-0.39, 0.29) is 12.1 Å². The molecule has 0 saturated heterocycles. The molecule has 0 spiro atoms. The van der Waals surface area contributed by atoms with E-state index in [4.69, 9.17) is 0 Å². The Labute approximate surface area is 130 Å². The van der Waals surface area contributed by atoms with Gasteiger partial charge in [0.1, 0.15) is 0 Å². The Morgan fingerprint density at radius 1 is 1.30 bits per heavy atom. The first-order chi connectivity index (χ1) is 9.65. The number of hydrogen-bond acceptors (Lipinski definition) is 3. The van der Waals surface area contributed by atoms with Gasteiger partial charge in [0, 0.05) is 18.6 Å². The van der Waals surface area contributed by atoms with Gasteiger partial charge >= 0.3 is 0 Å². The summed E-state index contributed by atoms with van der Waals surface area (Å²) in [5.41, 5.74) is 2.22. The van der Waals surface area contributed by atoms with Crippen molar-refractivity contribution in [2.45, 2.75) is 71.0 Å². The van der Waals surface area contributed by atoms with Crippen LogP contribution in [0.2, 0.25) is 0 Å². The normalized spacial score (nSPS) is 18.4. The molecule has 0 atom stereocenters. The standard InChI is InChI=1S/C15H26BrN3O/c1-3-12-14(16)13(19(4-2)18-12)10-17-15(11-20)8-6-5-7-9-15/h17,20H,3-11H2,1-2H3. The fourth-order valence-corrected chi connectivity index (χ4v) is 3.78. The first-order valence-corrected chi connectivity index (χ1v) is 8.55. The van der Waals surface area contributed by atoms with Crippen molar-refractivity contribution >= 4 is 15.9 Å². The molecule has 1 aliphatic rings. The molecule has 2 N–H and O–H groups in total. The van der Waals surface area contributed by atoms with Crippen molar-refractivity contribution in [3.8, 4) is 0 Å². The lowest BCUT2D eigenvalue weighted by atomic mass is 9.82. The van der Waals surface area contributed by atoms with Gasteiger partial charge in [-0.1, -0.05) is 26.2 Å². The van der Waals surface area contributed by atoms with Gasteiger partial charge in [0.15, 0.2) is 0 Å². The van der Waals surface area contributed by atoms with Crippen LogP contribution in [0.4, 0.5) is 0 Å². The monoisotopic (exact) mass is 343 g/mol. The van der Waals surface area contributed by atoms with Gasteiger partial charge in [-0.05, 0) is 42.1 Å². The number of hydrogen-bond donors (Lipinski definition) is 2. The van der Waals surface area contributed by atoms with Crippen LogP contribution in [0.3, 0.4) is 0 Å². The van der Waals surface area contributed by atoms with Gasteiger partial charge in [-0.25, -0.2) is 0 Å². The third-order valence-electron chi connectivity index (χ3n) is 4.44. The summed E-state index contributed by atoms with van der Waals surface area (Å²) in [7, 11) is 0. The van der Waals surface area contributed by atoms with E-state index in [1.165, 1.54) is 25.0 Å². The number of aliphatic hydroxyl groups is 1. The first kappa shape index (κ1) is 16.0. The summed E-state index contributed by atoms with van der Waals surface area (Å²) in [5, 5.41) is 18.0. The molecule has 0 radical (unpaired) electrons. The van der Waals surface area contributed by atoms with E-state index in [1.807, 2.05) is 0 Å². The minimum atomic E-state index is -0.0904. The predicted molar refractivity (Wildman–Crippen MR) is 84.7 cm³/mol. The molecule has 0 amide bonds. The van der Waals surface area contributed by atoms with Gasteiger partial charge in [-0.3, -0.25) is 4.68 Å². The Bertz CT molecular complexity index is 439. The minimum Gasteiger partial charge on any atom is -0.394 e. The molecule has 1 heterocycles. The van der Waals surface area contributed by atoms with Crippen molar-refractivity contribution in [2.75, 3.05) is 6.61 Å². The van der Waals surface area contributed by atoms with E-state index in [0.717, 1.165) is 42.5 Å². The highest BCUT2D eigenvalue weighted by Gasteiger charge is 2.31. The van der Waals surface area contributed by atoms with Crippen LogP contribution < -0.4 is 5.32 Å². The topological polar surface area (TPSA) is 50.1 Å². The summed E-state index contributed by atoms with van der Waals surface area (Å²) >= 11 is 3.68. The number of aliphatic hydroxyl groups excluding tert-OH is 1. The molecule has 114 valence electrons. The third-order valence-corrected chi connectivity index (χ3v) is 5.35. The zero-order valence-electron chi connectivity index (χ0n) is 12.6.